The number of nitrogens with zero attached hydrogens (tertiary/aromatic N) is 2. The molecule has 2 heterocycles. The maximum atomic E-state index is 13.1. The van der Waals surface area contributed by atoms with Gasteiger partial charge in [-0.3, -0.25) is 9.69 Å². The number of fused-ring (bicyclic) bond motifs is 1. The topological polar surface area (TPSA) is 76.2 Å². The third-order valence-corrected chi connectivity index (χ3v) is 7.56. The Balaban J connectivity index is 1.65. The van der Waals surface area contributed by atoms with Crippen molar-refractivity contribution in [2.45, 2.75) is 18.6 Å². The minimum atomic E-state index is -3.27. The highest BCUT2D eigenvalue weighted by molar-refractivity contribution is 7.91. The van der Waals surface area contributed by atoms with E-state index in [4.69, 9.17) is 21.1 Å². The van der Waals surface area contributed by atoms with Crippen LogP contribution in [0, 0.1) is 0 Å². The highest BCUT2D eigenvalue weighted by Crippen LogP contribution is 2.34. The van der Waals surface area contributed by atoms with Crippen molar-refractivity contribution in [3.05, 3.63) is 53.1 Å². The Morgan fingerprint density at radius 1 is 1.03 bits per heavy atom. The lowest BCUT2D eigenvalue weighted by Crippen LogP contribution is -2.61. The molecule has 0 unspecified atom stereocenters. The molecule has 2 fully saturated rings. The van der Waals surface area contributed by atoms with E-state index in [1.54, 1.807) is 49.5 Å². The van der Waals surface area contributed by atoms with E-state index in [0.29, 0.717) is 28.8 Å². The van der Waals surface area contributed by atoms with E-state index in [-0.39, 0.29) is 30.0 Å². The number of anilines is 1. The molecule has 160 valence electrons. The number of piperazine rings is 1. The second kappa shape index (κ2) is 8.09. The van der Waals surface area contributed by atoms with Crippen LogP contribution in [0.25, 0.3) is 0 Å². The molecule has 0 aliphatic carbocycles. The Labute approximate surface area is 181 Å². The zero-order chi connectivity index (χ0) is 21.5. The van der Waals surface area contributed by atoms with Gasteiger partial charge in [-0.2, -0.15) is 0 Å². The lowest BCUT2D eigenvalue weighted by Gasteiger charge is -2.43. The van der Waals surface area contributed by atoms with Gasteiger partial charge in [0.05, 0.1) is 38.3 Å². The van der Waals surface area contributed by atoms with Crippen LogP contribution in [0.1, 0.15) is 5.56 Å². The Morgan fingerprint density at radius 2 is 1.77 bits per heavy atom. The molecule has 2 atom stereocenters. The second-order valence-corrected chi connectivity index (χ2v) is 10.1. The highest BCUT2D eigenvalue weighted by atomic mass is 35.5. The standard InChI is InChI=1S/C21H23ClN2O5S/c1-28-19-7-6-14(8-20(19)29-2)10-23-11-21(25)24(16-5-3-4-15(22)9-16)18-13-30(26,27)12-17(18)23/h3-9,17-18H,10-13H2,1-2H3/t17-,18+/m1/s1. The van der Waals surface area contributed by atoms with E-state index < -0.39 is 15.9 Å². The smallest absolute Gasteiger partial charge is 0.241 e. The summed E-state index contributed by atoms with van der Waals surface area (Å²) < 4.78 is 35.6. The fraction of sp³-hybridized carbons (Fsp3) is 0.381. The first-order valence-corrected chi connectivity index (χ1v) is 11.7. The third kappa shape index (κ3) is 3.99. The number of benzene rings is 2. The summed E-state index contributed by atoms with van der Waals surface area (Å²) in [5, 5.41) is 0.505. The van der Waals surface area contributed by atoms with Gasteiger partial charge in [-0.25, -0.2) is 8.42 Å². The van der Waals surface area contributed by atoms with Gasteiger partial charge in [0.15, 0.2) is 21.3 Å². The maximum Gasteiger partial charge on any atom is 0.241 e. The summed E-state index contributed by atoms with van der Waals surface area (Å²) in [6.07, 6.45) is 0. The Hall–Kier alpha value is -2.29. The fourth-order valence-electron chi connectivity index (χ4n) is 4.31. The molecule has 9 heteroatoms. The number of carbonyl (C=O) groups is 1. The van der Waals surface area contributed by atoms with E-state index in [2.05, 4.69) is 0 Å². The van der Waals surface area contributed by atoms with Gasteiger partial charge in [0, 0.05) is 23.3 Å². The predicted octanol–water partition coefficient (Wildman–Crippen LogP) is 2.37. The predicted molar refractivity (Wildman–Crippen MR) is 115 cm³/mol. The fourth-order valence-corrected chi connectivity index (χ4v) is 6.47. The molecule has 1 amide bonds. The van der Waals surface area contributed by atoms with E-state index in [9.17, 15) is 13.2 Å². The first-order chi connectivity index (χ1) is 14.3. The van der Waals surface area contributed by atoms with Crippen LogP contribution in [-0.2, 0) is 21.2 Å². The average molecular weight is 451 g/mol. The number of hydrogen-bond acceptors (Lipinski definition) is 6. The molecule has 2 saturated heterocycles. The van der Waals surface area contributed by atoms with Crippen molar-refractivity contribution in [3.63, 3.8) is 0 Å². The normalized spacial score (nSPS) is 23.3. The average Bonchev–Trinajstić information content (AvgIpc) is 3.03. The number of halogens is 1. The second-order valence-electron chi connectivity index (χ2n) is 7.55. The van der Waals surface area contributed by atoms with Crippen LogP contribution in [0.4, 0.5) is 5.69 Å². The number of methoxy groups -OCH3 is 2. The molecule has 2 aromatic rings. The first-order valence-electron chi connectivity index (χ1n) is 9.54. The molecular formula is C21H23ClN2O5S. The third-order valence-electron chi connectivity index (χ3n) is 5.62. The Bertz CT molecular complexity index is 1070. The molecule has 2 aromatic carbocycles. The van der Waals surface area contributed by atoms with Crippen LogP contribution < -0.4 is 14.4 Å². The number of ether oxygens (including phenoxy) is 2. The lowest BCUT2D eigenvalue weighted by molar-refractivity contribution is -0.123. The quantitative estimate of drug-likeness (QED) is 0.696. The summed E-state index contributed by atoms with van der Waals surface area (Å²) in [5.41, 5.74) is 1.55. The van der Waals surface area contributed by atoms with Crippen molar-refractivity contribution in [1.82, 2.24) is 4.90 Å². The van der Waals surface area contributed by atoms with Gasteiger partial charge >= 0.3 is 0 Å². The molecule has 0 spiro atoms. The van der Waals surface area contributed by atoms with E-state index >= 15 is 0 Å². The van der Waals surface area contributed by atoms with Gasteiger partial charge < -0.3 is 14.4 Å². The minimum absolute atomic E-state index is 0.0231. The van der Waals surface area contributed by atoms with Crippen LogP contribution in [0.5, 0.6) is 11.5 Å². The summed E-state index contributed by atoms with van der Waals surface area (Å²) in [7, 11) is -0.133. The van der Waals surface area contributed by atoms with Crippen LogP contribution in [0.3, 0.4) is 0 Å². The number of carbonyl (C=O) groups excluding carboxylic acids is 1. The van der Waals surface area contributed by atoms with Gasteiger partial charge in [-0.1, -0.05) is 23.7 Å². The lowest BCUT2D eigenvalue weighted by atomic mass is 10.0. The molecule has 0 N–H and O–H groups in total. The molecule has 0 bridgehead atoms. The van der Waals surface area contributed by atoms with Crippen molar-refractivity contribution >= 4 is 33.0 Å². The van der Waals surface area contributed by atoms with Gasteiger partial charge in [0.2, 0.25) is 5.91 Å². The van der Waals surface area contributed by atoms with Gasteiger partial charge in [-0.05, 0) is 35.9 Å². The molecular weight excluding hydrogens is 428 g/mol. The zero-order valence-corrected chi connectivity index (χ0v) is 18.3. The molecule has 30 heavy (non-hydrogen) atoms. The molecule has 2 aliphatic rings. The van der Waals surface area contributed by atoms with Crippen molar-refractivity contribution in [1.29, 1.82) is 0 Å². The van der Waals surface area contributed by atoms with E-state index in [1.165, 1.54) is 0 Å². The number of rotatable bonds is 5. The largest absolute Gasteiger partial charge is 0.493 e. The number of hydrogen-bond donors (Lipinski definition) is 0. The van der Waals surface area contributed by atoms with Gasteiger partial charge in [-0.15, -0.1) is 0 Å². The van der Waals surface area contributed by atoms with E-state index in [0.717, 1.165) is 5.56 Å². The van der Waals surface area contributed by atoms with Crippen LogP contribution in [0.15, 0.2) is 42.5 Å². The van der Waals surface area contributed by atoms with Crippen LogP contribution in [0.2, 0.25) is 5.02 Å². The van der Waals surface area contributed by atoms with Crippen molar-refractivity contribution in [2.24, 2.45) is 0 Å². The molecule has 2 aliphatic heterocycles. The van der Waals surface area contributed by atoms with Crippen LogP contribution >= 0.6 is 11.6 Å². The minimum Gasteiger partial charge on any atom is -0.493 e. The van der Waals surface area contributed by atoms with Crippen molar-refractivity contribution in [3.8, 4) is 11.5 Å². The molecule has 7 nitrogen and oxygen atoms in total. The van der Waals surface area contributed by atoms with Crippen molar-refractivity contribution < 1.29 is 22.7 Å². The SMILES string of the molecule is COc1ccc(CN2CC(=O)N(c3cccc(Cl)c3)[C@H]3CS(=O)(=O)C[C@H]32)cc1OC. The van der Waals surface area contributed by atoms with Crippen LogP contribution in [-0.4, -0.2) is 63.6 Å². The summed E-state index contributed by atoms with van der Waals surface area (Å²) >= 11 is 6.11. The molecule has 0 radical (unpaired) electrons. The Kier molecular flexibility index (Phi) is 5.65. The number of amides is 1. The maximum absolute atomic E-state index is 13.1. The highest BCUT2D eigenvalue weighted by Gasteiger charge is 2.49. The van der Waals surface area contributed by atoms with Gasteiger partial charge in [0.1, 0.15) is 0 Å². The summed E-state index contributed by atoms with van der Waals surface area (Å²) in [6.45, 7) is 0.559. The summed E-state index contributed by atoms with van der Waals surface area (Å²) in [4.78, 5) is 16.6. The van der Waals surface area contributed by atoms with Gasteiger partial charge in [0.25, 0.3) is 0 Å². The molecule has 0 saturated carbocycles. The number of sulfone groups is 1. The monoisotopic (exact) mass is 450 g/mol. The molecule has 4 rings (SSSR count). The molecule has 0 aromatic heterocycles. The zero-order valence-electron chi connectivity index (χ0n) is 16.7. The summed E-state index contributed by atoms with van der Waals surface area (Å²) in [6, 6.07) is 11.8. The first kappa shape index (κ1) is 21.0. The Morgan fingerprint density at radius 3 is 2.47 bits per heavy atom. The van der Waals surface area contributed by atoms with Crippen molar-refractivity contribution in [2.75, 3.05) is 37.2 Å². The summed E-state index contributed by atoms with van der Waals surface area (Å²) in [5.74, 6) is 1.03. The van der Waals surface area contributed by atoms with E-state index in [1.807, 2.05) is 17.0 Å².